The van der Waals surface area contributed by atoms with Gasteiger partial charge in [-0.15, -0.1) is 0 Å². The molecule has 0 spiro atoms. The van der Waals surface area contributed by atoms with Crippen molar-refractivity contribution in [2.75, 3.05) is 7.11 Å². The number of rotatable bonds is 2. The SMILES string of the molecule is COc1ccc2c(c1)OCn1c-2nc(Br)c1-c1ccccc1. The molecule has 2 heterocycles. The van der Waals surface area contributed by atoms with Gasteiger partial charge in [0.25, 0.3) is 0 Å². The van der Waals surface area contributed by atoms with Crippen LogP contribution in [0.2, 0.25) is 0 Å². The zero-order valence-electron chi connectivity index (χ0n) is 11.9. The van der Waals surface area contributed by atoms with Crippen molar-refractivity contribution >= 4 is 15.9 Å². The molecule has 110 valence electrons. The minimum atomic E-state index is 0.429. The molecule has 4 nitrogen and oxygen atoms in total. The lowest BCUT2D eigenvalue weighted by atomic mass is 10.1. The predicted molar refractivity (Wildman–Crippen MR) is 88.0 cm³/mol. The van der Waals surface area contributed by atoms with Crippen molar-refractivity contribution in [1.29, 1.82) is 0 Å². The summed E-state index contributed by atoms with van der Waals surface area (Å²) in [4.78, 5) is 4.68. The van der Waals surface area contributed by atoms with E-state index in [-0.39, 0.29) is 0 Å². The topological polar surface area (TPSA) is 36.3 Å². The number of fused-ring (bicyclic) bond motifs is 3. The van der Waals surface area contributed by atoms with E-state index in [1.807, 2.05) is 36.4 Å². The number of methoxy groups -OCH3 is 1. The van der Waals surface area contributed by atoms with E-state index in [4.69, 9.17) is 9.47 Å². The molecule has 0 unspecified atom stereocenters. The second kappa shape index (κ2) is 5.18. The average Bonchev–Trinajstić information content (AvgIpc) is 2.91. The maximum Gasteiger partial charge on any atom is 0.167 e. The zero-order chi connectivity index (χ0) is 15.1. The summed E-state index contributed by atoms with van der Waals surface area (Å²) in [5.74, 6) is 2.47. The summed E-state index contributed by atoms with van der Waals surface area (Å²) < 4.78 is 14.0. The first kappa shape index (κ1) is 13.4. The Morgan fingerprint density at radius 2 is 2.00 bits per heavy atom. The van der Waals surface area contributed by atoms with Gasteiger partial charge in [0, 0.05) is 11.6 Å². The molecule has 0 aliphatic carbocycles. The highest BCUT2D eigenvalue weighted by atomic mass is 79.9. The molecule has 22 heavy (non-hydrogen) atoms. The summed E-state index contributed by atoms with van der Waals surface area (Å²) in [6.45, 7) is 0.429. The summed E-state index contributed by atoms with van der Waals surface area (Å²) >= 11 is 3.58. The molecule has 0 N–H and O–H groups in total. The number of imidazole rings is 1. The van der Waals surface area contributed by atoms with Crippen LogP contribution in [0.3, 0.4) is 0 Å². The first-order valence-electron chi connectivity index (χ1n) is 6.90. The molecule has 0 atom stereocenters. The van der Waals surface area contributed by atoms with Crippen LogP contribution < -0.4 is 9.47 Å². The third kappa shape index (κ3) is 2.01. The van der Waals surface area contributed by atoms with E-state index >= 15 is 0 Å². The Balaban J connectivity index is 1.90. The van der Waals surface area contributed by atoms with E-state index in [1.165, 1.54) is 0 Å². The van der Waals surface area contributed by atoms with Crippen LogP contribution in [0, 0.1) is 0 Å². The van der Waals surface area contributed by atoms with Gasteiger partial charge in [-0.25, -0.2) is 4.98 Å². The van der Waals surface area contributed by atoms with E-state index in [0.717, 1.165) is 38.7 Å². The second-order valence-corrected chi connectivity index (χ2v) is 5.76. The van der Waals surface area contributed by atoms with E-state index in [2.05, 4.69) is 37.6 Å². The van der Waals surface area contributed by atoms with Crippen molar-refractivity contribution in [2.45, 2.75) is 6.73 Å². The molecule has 2 aromatic carbocycles. The number of ether oxygens (including phenoxy) is 2. The van der Waals surface area contributed by atoms with Crippen molar-refractivity contribution < 1.29 is 9.47 Å². The van der Waals surface area contributed by atoms with Crippen LogP contribution in [0.4, 0.5) is 0 Å². The van der Waals surface area contributed by atoms with Crippen LogP contribution in [-0.2, 0) is 6.73 Å². The first-order valence-corrected chi connectivity index (χ1v) is 7.70. The largest absolute Gasteiger partial charge is 0.497 e. The van der Waals surface area contributed by atoms with Crippen LogP contribution in [-0.4, -0.2) is 16.7 Å². The highest BCUT2D eigenvalue weighted by Crippen LogP contribution is 2.41. The lowest BCUT2D eigenvalue weighted by Gasteiger charge is -2.21. The maximum absolute atomic E-state index is 5.89. The molecular formula is C17H13BrN2O2. The van der Waals surface area contributed by atoms with Gasteiger partial charge in [0.05, 0.1) is 18.4 Å². The van der Waals surface area contributed by atoms with E-state index in [9.17, 15) is 0 Å². The fourth-order valence-corrected chi connectivity index (χ4v) is 3.30. The normalized spacial score (nSPS) is 12.3. The molecule has 0 amide bonds. The van der Waals surface area contributed by atoms with Gasteiger partial charge in [0.1, 0.15) is 21.9 Å². The van der Waals surface area contributed by atoms with Crippen LogP contribution in [0.15, 0.2) is 53.1 Å². The zero-order valence-corrected chi connectivity index (χ0v) is 13.5. The summed E-state index contributed by atoms with van der Waals surface area (Å²) in [5, 5.41) is 0. The van der Waals surface area contributed by atoms with Crippen LogP contribution in [0.5, 0.6) is 11.5 Å². The third-order valence-corrected chi connectivity index (χ3v) is 4.30. The summed E-state index contributed by atoms with van der Waals surface area (Å²) in [6, 6.07) is 16.0. The number of hydrogen-bond acceptors (Lipinski definition) is 3. The Labute approximate surface area is 136 Å². The summed E-state index contributed by atoms with van der Waals surface area (Å²) in [6.07, 6.45) is 0. The lowest BCUT2D eigenvalue weighted by Crippen LogP contribution is -2.14. The number of aromatic nitrogens is 2. The van der Waals surface area contributed by atoms with Gasteiger partial charge in [0.15, 0.2) is 6.73 Å². The number of nitrogens with zero attached hydrogens (tertiary/aromatic N) is 2. The van der Waals surface area contributed by atoms with Gasteiger partial charge in [-0.05, 0) is 28.1 Å². The Bertz CT molecular complexity index is 843. The number of benzene rings is 2. The van der Waals surface area contributed by atoms with Gasteiger partial charge >= 0.3 is 0 Å². The fourth-order valence-electron chi connectivity index (χ4n) is 2.69. The van der Waals surface area contributed by atoms with Crippen LogP contribution in [0.1, 0.15) is 0 Å². The number of hydrogen-bond donors (Lipinski definition) is 0. The van der Waals surface area contributed by atoms with Gasteiger partial charge in [-0.1, -0.05) is 30.3 Å². The summed E-state index contributed by atoms with van der Waals surface area (Å²) in [7, 11) is 1.65. The molecule has 1 aliphatic rings. The van der Waals surface area contributed by atoms with Gasteiger partial charge in [-0.3, -0.25) is 4.57 Å². The molecule has 3 aromatic rings. The monoisotopic (exact) mass is 356 g/mol. The Morgan fingerprint density at radius 3 is 2.77 bits per heavy atom. The molecule has 1 aromatic heterocycles. The molecule has 5 heteroatoms. The average molecular weight is 357 g/mol. The predicted octanol–water partition coefficient (Wildman–Crippen LogP) is 4.34. The lowest BCUT2D eigenvalue weighted by molar-refractivity contribution is 0.230. The molecule has 0 saturated carbocycles. The van der Waals surface area contributed by atoms with Crippen molar-refractivity contribution in [3.63, 3.8) is 0 Å². The van der Waals surface area contributed by atoms with Crippen molar-refractivity contribution in [2.24, 2.45) is 0 Å². The van der Waals surface area contributed by atoms with Crippen LogP contribution >= 0.6 is 15.9 Å². The molecule has 1 aliphatic heterocycles. The molecule has 4 rings (SSSR count). The smallest absolute Gasteiger partial charge is 0.167 e. The minimum Gasteiger partial charge on any atom is -0.497 e. The standard InChI is InChI=1S/C17H13BrN2O2/c1-21-12-7-8-13-14(9-12)22-10-20-15(16(18)19-17(13)20)11-5-3-2-4-6-11/h2-9H,10H2,1H3. The summed E-state index contributed by atoms with van der Waals surface area (Å²) in [5.41, 5.74) is 3.10. The van der Waals surface area contributed by atoms with E-state index in [1.54, 1.807) is 7.11 Å². The number of halogens is 1. The Morgan fingerprint density at radius 1 is 1.18 bits per heavy atom. The molecule has 0 bridgehead atoms. The molecular weight excluding hydrogens is 344 g/mol. The third-order valence-electron chi connectivity index (χ3n) is 3.75. The highest BCUT2D eigenvalue weighted by Gasteiger charge is 2.25. The molecule has 0 radical (unpaired) electrons. The molecule has 0 saturated heterocycles. The van der Waals surface area contributed by atoms with Gasteiger partial charge < -0.3 is 9.47 Å². The van der Waals surface area contributed by atoms with Gasteiger partial charge in [-0.2, -0.15) is 0 Å². The highest BCUT2D eigenvalue weighted by molar-refractivity contribution is 9.10. The van der Waals surface area contributed by atoms with Crippen molar-refractivity contribution in [1.82, 2.24) is 9.55 Å². The molecule has 0 fully saturated rings. The Hall–Kier alpha value is -2.27. The van der Waals surface area contributed by atoms with E-state index < -0.39 is 0 Å². The van der Waals surface area contributed by atoms with Crippen LogP contribution in [0.25, 0.3) is 22.6 Å². The van der Waals surface area contributed by atoms with Crippen molar-refractivity contribution in [3.05, 3.63) is 53.1 Å². The van der Waals surface area contributed by atoms with Gasteiger partial charge in [0.2, 0.25) is 0 Å². The quantitative estimate of drug-likeness (QED) is 0.685. The Kier molecular flexibility index (Phi) is 3.15. The second-order valence-electron chi connectivity index (χ2n) is 5.00. The fraction of sp³-hybridized carbons (Fsp3) is 0.118. The van der Waals surface area contributed by atoms with Crippen molar-refractivity contribution in [3.8, 4) is 34.1 Å². The maximum atomic E-state index is 5.89. The first-order chi connectivity index (χ1) is 10.8. The van der Waals surface area contributed by atoms with E-state index in [0.29, 0.717) is 6.73 Å². The minimum absolute atomic E-state index is 0.429.